The Morgan fingerprint density at radius 3 is 2.20 bits per heavy atom. The zero-order valence-corrected chi connectivity index (χ0v) is 19.3. The van der Waals surface area contributed by atoms with Crippen LogP contribution >= 0.6 is 0 Å². The minimum Gasteiger partial charge on any atom is -0.302 e. The van der Waals surface area contributed by atoms with Gasteiger partial charge < -0.3 is 4.90 Å². The van der Waals surface area contributed by atoms with E-state index in [9.17, 15) is 0 Å². The van der Waals surface area contributed by atoms with Crippen LogP contribution in [0.2, 0.25) is 0 Å². The molecule has 1 saturated heterocycles. The molecule has 0 radical (unpaired) electrons. The molecule has 1 heteroatoms. The third kappa shape index (κ3) is 5.35. The van der Waals surface area contributed by atoms with E-state index in [0.717, 1.165) is 18.8 Å². The molecule has 2 fully saturated rings. The van der Waals surface area contributed by atoms with Crippen molar-refractivity contribution in [3.63, 3.8) is 0 Å². The number of nitrogens with zero attached hydrogens (tertiary/aromatic N) is 1. The smallest absolute Gasteiger partial charge is 0.00556 e. The first-order valence-electron chi connectivity index (χ1n) is 12.5. The van der Waals surface area contributed by atoms with Gasteiger partial charge in [-0.05, 0) is 66.7 Å². The van der Waals surface area contributed by atoms with Crippen LogP contribution in [-0.2, 0) is 12.8 Å². The molecule has 30 heavy (non-hydrogen) atoms. The first-order valence-corrected chi connectivity index (χ1v) is 12.5. The molecule has 2 aromatic rings. The Balaban J connectivity index is 1.46. The molecule has 1 heterocycles. The molecule has 0 bridgehead atoms. The largest absolute Gasteiger partial charge is 0.302 e. The van der Waals surface area contributed by atoms with E-state index >= 15 is 0 Å². The molecular formula is C29H41N. The topological polar surface area (TPSA) is 3.24 Å². The molecule has 1 saturated carbocycles. The summed E-state index contributed by atoms with van der Waals surface area (Å²) in [5.41, 5.74) is 4.97. The van der Waals surface area contributed by atoms with E-state index < -0.39 is 0 Å². The first kappa shape index (κ1) is 21.6. The Kier molecular flexibility index (Phi) is 7.31. The Labute approximate surface area is 184 Å². The van der Waals surface area contributed by atoms with Crippen molar-refractivity contribution >= 4 is 0 Å². The molecule has 2 aromatic carbocycles. The summed E-state index contributed by atoms with van der Waals surface area (Å²) in [7, 11) is 0. The van der Waals surface area contributed by atoms with E-state index in [4.69, 9.17) is 0 Å². The molecule has 0 amide bonds. The number of aryl methyl sites for hydroxylation is 2. The minimum atomic E-state index is 0.466. The van der Waals surface area contributed by atoms with Crippen LogP contribution in [0.15, 0.2) is 54.6 Å². The second-order valence-electron chi connectivity index (χ2n) is 10.3. The normalized spacial score (nSPS) is 22.8. The standard InChI is InChI=1S/C29H41N/c1-3-24-18-21-30(22-24)23-28(29(2)19-8-5-9-20-29)27-16-14-26(15-17-27)13-12-25-10-6-4-7-11-25/h4,6-7,10-11,14-17,24,28H,3,5,8-9,12-13,18-23H2,1-2H3/t24-,28?/m1/s1. The third-order valence-electron chi connectivity index (χ3n) is 8.15. The van der Waals surface area contributed by atoms with E-state index in [-0.39, 0.29) is 0 Å². The van der Waals surface area contributed by atoms with Crippen LogP contribution in [0.5, 0.6) is 0 Å². The quantitative estimate of drug-likeness (QED) is 0.448. The van der Waals surface area contributed by atoms with Gasteiger partial charge in [-0.15, -0.1) is 0 Å². The summed E-state index contributed by atoms with van der Waals surface area (Å²) in [5, 5.41) is 0. The van der Waals surface area contributed by atoms with Crippen LogP contribution in [-0.4, -0.2) is 24.5 Å². The van der Waals surface area contributed by atoms with Crippen LogP contribution < -0.4 is 0 Å². The van der Waals surface area contributed by atoms with Crippen molar-refractivity contribution in [1.29, 1.82) is 0 Å². The number of rotatable bonds is 8. The molecule has 2 atom stereocenters. The number of hydrogen-bond donors (Lipinski definition) is 0. The number of benzene rings is 2. The average Bonchev–Trinajstić information content (AvgIpc) is 3.26. The van der Waals surface area contributed by atoms with E-state index in [0.29, 0.717) is 11.3 Å². The van der Waals surface area contributed by atoms with Crippen molar-refractivity contribution in [1.82, 2.24) is 4.90 Å². The highest BCUT2D eigenvalue weighted by molar-refractivity contribution is 5.29. The maximum atomic E-state index is 2.78. The summed E-state index contributed by atoms with van der Waals surface area (Å²) < 4.78 is 0. The number of hydrogen-bond acceptors (Lipinski definition) is 1. The summed E-state index contributed by atoms with van der Waals surface area (Å²) in [6.07, 6.45) is 12.1. The molecule has 0 N–H and O–H groups in total. The predicted octanol–water partition coefficient (Wildman–Crippen LogP) is 7.26. The van der Waals surface area contributed by atoms with E-state index in [1.54, 1.807) is 5.56 Å². The summed E-state index contributed by atoms with van der Waals surface area (Å²) in [6, 6.07) is 20.7. The van der Waals surface area contributed by atoms with Crippen molar-refractivity contribution < 1.29 is 0 Å². The fourth-order valence-corrected chi connectivity index (χ4v) is 5.96. The van der Waals surface area contributed by atoms with Crippen LogP contribution in [0.3, 0.4) is 0 Å². The van der Waals surface area contributed by atoms with Crippen LogP contribution in [0.25, 0.3) is 0 Å². The Morgan fingerprint density at radius 1 is 0.900 bits per heavy atom. The SMILES string of the molecule is CC[C@@H]1CCN(CC(c2ccc(CCc3ccccc3)cc2)C2(C)CCCCC2)C1. The van der Waals surface area contributed by atoms with Gasteiger partial charge in [0.2, 0.25) is 0 Å². The molecular weight excluding hydrogens is 362 g/mol. The van der Waals surface area contributed by atoms with Gasteiger partial charge in [-0.2, -0.15) is 0 Å². The highest BCUT2D eigenvalue weighted by atomic mass is 15.1. The second-order valence-corrected chi connectivity index (χ2v) is 10.3. The van der Waals surface area contributed by atoms with E-state index in [1.165, 1.54) is 75.7 Å². The number of likely N-dealkylation sites (tertiary alicyclic amines) is 1. The van der Waals surface area contributed by atoms with Gasteiger partial charge in [0, 0.05) is 19.0 Å². The minimum absolute atomic E-state index is 0.466. The lowest BCUT2D eigenvalue weighted by atomic mass is 9.65. The molecule has 1 aliphatic carbocycles. The average molecular weight is 404 g/mol. The van der Waals surface area contributed by atoms with Gasteiger partial charge in [-0.3, -0.25) is 0 Å². The molecule has 0 spiro atoms. The monoisotopic (exact) mass is 403 g/mol. The Bertz CT molecular complexity index is 757. The van der Waals surface area contributed by atoms with E-state index in [2.05, 4.69) is 73.3 Å². The zero-order chi connectivity index (χ0) is 20.8. The second kappa shape index (κ2) is 10.1. The van der Waals surface area contributed by atoms with Crippen molar-refractivity contribution in [2.75, 3.05) is 19.6 Å². The summed E-state index contributed by atoms with van der Waals surface area (Å²) >= 11 is 0. The molecule has 4 rings (SSSR count). The Morgan fingerprint density at radius 2 is 1.57 bits per heavy atom. The fraction of sp³-hybridized carbons (Fsp3) is 0.586. The maximum Gasteiger partial charge on any atom is 0.00556 e. The highest BCUT2D eigenvalue weighted by Crippen LogP contribution is 2.47. The molecule has 1 aliphatic heterocycles. The summed E-state index contributed by atoms with van der Waals surface area (Å²) in [5.74, 6) is 1.60. The van der Waals surface area contributed by atoms with Gasteiger partial charge in [0.1, 0.15) is 0 Å². The van der Waals surface area contributed by atoms with Crippen molar-refractivity contribution in [3.8, 4) is 0 Å². The van der Waals surface area contributed by atoms with Crippen molar-refractivity contribution in [2.24, 2.45) is 11.3 Å². The van der Waals surface area contributed by atoms with Crippen molar-refractivity contribution in [2.45, 2.75) is 77.6 Å². The summed E-state index contributed by atoms with van der Waals surface area (Å²) in [4.78, 5) is 2.78. The van der Waals surface area contributed by atoms with Gasteiger partial charge >= 0.3 is 0 Å². The van der Waals surface area contributed by atoms with Crippen molar-refractivity contribution in [3.05, 3.63) is 71.3 Å². The van der Waals surface area contributed by atoms with Crippen LogP contribution in [0.1, 0.15) is 81.4 Å². The predicted molar refractivity (Wildman–Crippen MR) is 129 cm³/mol. The lowest BCUT2D eigenvalue weighted by Gasteiger charge is -2.43. The van der Waals surface area contributed by atoms with Crippen LogP contribution in [0.4, 0.5) is 0 Å². The lowest BCUT2D eigenvalue weighted by Crippen LogP contribution is -2.37. The Hall–Kier alpha value is -1.60. The fourth-order valence-electron chi connectivity index (χ4n) is 5.96. The lowest BCUT2D eigenvalue weighted by molar-refractivity contribution is 0.134. The molecule has 1 unspecified atom stereocenters. The molecule has 162 valence electrons. The molecule has 0 aromatic heterocycles. The summed E-state index contributed by atoms with van der Waals surface area (Å²) in [6.45, 7) is 8.84. The third-order valence-corrected chi connectivity index (χ3v) is 8.15. The van der Waals surface area contributed by atoms with Gasteiger partial charge in [-0.1, -0.05) is 94.1 Å². The van der Waals surface area contributed by atoms with Gasteiger partial charge in [0.15, 0.2) is 0 Å². The van der Waals surface area contributed by atoms with Gasteiger partial charge in [-0.25, -0.2) is 0 Å². The van der Waals surface area contributed by atoms with Gasteiger partial charge in [0.25, 0.3) is 0 Å². The zero-order valence-electron chi connectivity index (χ0n) is 19.3. The van der Waals surface area contributed by atoms with Gasteiger partial charge in [0.05, 0.1) is 0 Å². The molecule has 1 nitrogen and oxygen atoms in total. The first-order chi connectivity index (χ1) is 14.7. The maximum absolute atomic E-state index is 2.78. The van der Waals surface area contributed by atoms with Crippen LogP contribution in [0, 0.1) is 11.3 Å². The highest BCUT2D eigenvalue weighted by Gasteiger charge is 2.38. The molecule has 2 aliphatic rings. The van der Waals surface area contributed by atoms with E-state index in [1.807, 2.05) is 0 Å².